The number of aromatic nitrogens is 1. The van der Waals surface area contributed by atoms with E-state index in [1.807, 2.05) is 0 Å². The minimum Gasteiger partial charge on any atom is -0.421 e. The molecule has 0 radical (unpaired) electrons. The lowest BCUT2D eigenvalue weighted by molar-refractivity contribution is -0.126. The lowest BCUT2D eigenvalue weighted by Gasteiger charge is -2.17. The van der Waals surface area contributed by atoms with E-state index >= 15 is 0 Å². The van der Waals surface area contributed by atoms with Gasteiger partial charge in [-0.25, -0.2) is 9.69 Å². The van der Waals surface area contributed by atoms with Gasteiger partial charge in [0.1, 0.15) is 11.4 Å². The topological polar surface area (TPSA) is 80.5 Å². The summed E-state index contributed by atoms with van der Waals surface area (Å²) in [5, 5.41) is 0. The van der Waals surface area contributed by atoms with Crippen LogP contribution in [0, 0.1) is 5.92 Å². The zero-order valence-electron chi connectivity index (χ0n) is 12.3. The summed E-state index contributed by atoms with van der Waals surface area (Å²) in [7, 11) is 0. The van der Waals surface area contributed by atoms with Crippen molar-refractivity contribution >= 4 is 33.4 Å². The van der Waals surface area contributed by atoms with Crippen molar-refractivity contribution in [1.82, 2.24) is 4.98 Å². The van der Waals surface area contributed by atoms with Crippen LogP contribution >= 0.6 is 15.9 Å². The van der Waals surface area contributed by atoms with Crippen LogP contribution in [0.1, 0.15) is 19.8 Å². The van der Waals surface area contributed by atoms with Crippen LogP contribution in [-0.4, -0.2) is 16.8 Å². The van der Waals surface area contributed by atoms with Gasteiger partial charge in [0.05, 0.1) is 0 Å². The van der Waals surface area contributed by atoms with Gasteiger partial charge in [-0.15, -0.1) is 0 Å². The summed E-state index contributed by atoms with van der Waals surface area (Å²) in [5.41, 5.74) is -0.168. The summed E-state index contributed by atoms with van der Waals surface area (Å²) in [4.78, 5) is 41.1. The number of carbonyl (C=O) groups excluding carboxylic acids is 2. The largest absolute Gasteiger partial charge is 0.421 e. The molecule has 1 aliphatic carbocycles. The molecule has 2 heterocycles. The highest BCUT2D eigenvalue weighted by atomic mass is 79.9. The number of nitrogens with zero attached hydrogens (tertiary/aromatic N) is 2. The van der Waals surface area contributed by atoms with E-state index in [0.29, 0.717) is 11.3 Å². The van der Waals surface area contributed by atoms with Gasteiger partial charge in [0.2, 0.25) is 11.8 Å². The highest BCUT2D eigenvalue weighted by Gasteiger charge is 2.37. The molecule has 2 aromatic heterocycles. The van der Waals surface area contributed by atoms with Crippen molar-refractivity contribution in [2.75, 3.05) is 4.90 Å². The summed E-state index contributed by atoms with van der Waals surface area (Å²) in [6.45, 7) is 1.26. The lowest BCUT2D eigenvalue weighted by atomic mass is 10.2. The molecule has 0 atom stereocenters. The second kappa shape index (κ2) is 6.08. The number of halogens is 1. The molecule has 0 aliphatic heterocycles. The molecule has 2 amide bonds. The minimum atomic E-state index is -0.730. The van der Waals surface area contributed by atoms with Crippen LogP contribution < -0.4 is 10.5 Å². The van der Waals surface area contributed by atoms with Gasteiger partial charge in [-0.05, 0) is 47.0 Å². The van der Waals surface area contributed by atoms with Crippen LogP contribution in [0.3, 0.4) is 0 Å². The van der Waals surface area contributed by atoms with E-state index < -0.39 is 11.5 Å². The molecule has 7 heteroatoms. The molecule has 1 fully saturated rings. The summed E-state index contributed by atoms with van der Waals surface area (Å²) in [6, 6.07) is 4.74. The Morgan fingerprint density at radius 2 is 2.04 bits per heavy atom. The lowest BCUT2D eigenvalue weighted by Crippen LogP contribution is -2.39. The maximum atomic E-state index is 12.2. The van der Waals surface area contributed by atoms with Crippen LogP contribution in [-0.2, 0) is 9.59 Å². The smallest absolute Gasteiger partial charge is 0.360 e. The highest BCUT2D eigenvalue weighted by Crippen LogP contribution is 2.32. The molecule has 6 nitrogen and oxygen atoms in total. The molecule has 0 spiro atoms. The first-order valence-electron chi connectivity index (χ1n) is 7.07. The Balaban J connectivity index is 1.99. The molecule has 118 valence electrons. The second-order valence-corrected chi connectivity index (χ2v) is 6.25. The van der Waals surface area contributed by atoms with Crippen molar-refractivity contribution in [2.24, 2.45) is 5.92 Å². The molecule has 23 heavy (non-hydrogen) atoms. The fourth-order valence-electron chi connectivity index (χ4n) is 2.23. The maximum Gasteiger partial charge on any atom is 0.360 e. The minimum absolute atomic E-state index is 0.0545. The average Bonchev–Trinajstić information content (AvgIpc) is 3.33. The maximum absolute atomic E-state index is 12.2. The predicted octanol–water partition coefficient (Wildman–Crippen LogP) is 2.75. The van der Waals surface area contributed by atoms with Crippen molar-refractivity contribution in [3.05, 3.63) is 45.5 Å². The highest BCUT2D eigenvalue weighted by molar-refractivity contribution is 9.10. The van der Waals surface area contributed by atoms with Gasteiger partial charge in [-0.1, -0.05) is 0 Å². The molecule has 1 saturated carbocycles. The van der Waals surface area contributed by atoms with Crippen molar-refractivity contribution < 1.29 is 14.0 Å². The number of pyridine rings is 1. The van der Waals surface area contributed by atoms with Crippen molar-refractivity contribution in [3.63, 3.8) is 0 Å². The Morgan fingerprint density at radius 1 is 1.30 bits per heavy atom. The van der Waals surface area contributed by atoms with Crippen LogP contribution in [0.2, 0.25) is 0 Å². The summed E-state index contributed by atoms with van der Waals surface area (Å²) in [5.74, 6) is -0.699. The molecule has 0 unspecified atom stereocenters. The summed E-state index contributed by atoms with van der Waals surface area (Å²) >= 11 is 3.30. The molecule has 0 bridgehead atoms. The van der Waals surface area contributed by atoms with Gasteiger partial charge in [0.25, 0.3) is 0 Å². The van der Waals surface area contributed by atoms with Crippen molar-refractivity contribution in [3.8, 4) is 11.3 Å². The molecule has 1 aliphatic rings. The SMILES string of the molecule is CC(=O)N(C(=O)C1CC1)c1ccc(-c2cncc(Br)c2)oc1=O. The quantitative estimate of drug-likeness (QED) is 0.822. The number of carbonyl (C=O) groups is 2. The Kier molecular flexibility index (Phi) is 4.12. The first-order valence-corrected chi connectivity index (χ1v) is 7.86. The molecule has 0 N–H and O–H groups in total. The second-order valence-electron chi connectivity index (χ2n) is 5.33. The van der Waals surface area contributed by atoms with E-state index in [1.165, 1.54) is 13.0 Å². The average molecular weight is 377 g/mol. The molecule has 3 rings (SSSR count). The summed E-state index contributed by atoms with van der Waals surface area (Å²) in [6.07, 6.45) is 4.66. The fourth-order valence-corrected chi connectivity index (χ4v) is 2.60. The number of anilines is 1. The van der Waals surface area contributed by atoms with Gasteiger partial charge < -0.3 is 4.42 Å². The molecular weight excluding hydrogens is 364 g/mol. The van der Waals surface area contributed by atoms with Crippen LogP contribution in [0.25, 0.3) is 11.3 Å². The molecule has 2 aromatic rings. The molecule has 0 saturated heterocycles. The summed E-state index contributed by atoms with van der Waals surface area (Å²) < 4.78 is 6.01. The van der Waals surface area contributed by atoms with Gasteiger partial charge in [0, 0.05) is 35.3 Å². The first kappa shape index (κ1) is 15.6. The van der Waals surface area contributed by atoms with E-state index in [0.717, 1.165) is 22.2 Å². The van der Waals surface area contributed by atoms with Gasteiger partial charge in [-0.3, -0.25) is 14.6 Å². The Labute approximate surface area is 140 Å². The van der Waals surface area contributed by atoms with E-state index in [-0.39, 0.29) is 17.5 Å². The molecular formula is C16H13BrN2O4. The van der Waals surface area contributed by atoms with Crippen LogP contribution in [0.15, 0.2) is 44.3 Å². The zero-order chi connectivity index (χ0) is 16.6. The number of rotatable bonds is 3. The van der Waals surface area contributed by atoms with Crippen molar-refractivity contribution in [1.29, 1.82) is 0 Å². The van der Waals surface area contributed by atoms with Gasteiger partial charge in [0.15, 0.2) is 0 Å². The number of hydrogen-bond donors (Lipinski definition) is 0. The first-order chi connectivity index (χ1) is 11.0. The monoisotopic (exact) mass is 376 g/mol. The fraction of sp³-hybridized carbons (Fsp3) is 0.250. The third-order valence-electron chi connectivity index (χ3n) is 3.50. The molecule has 0 aromatic carbocycles. The Morgan fingerprint density at radius 3 is 2.61 bits per heavy atom. The number of hydrogen-bond acceptors (Lipinski definition) is 5. The van der Waals surface area contributed by atoms with E-state index in [4.69, 9.17) is 4.42 Å². The van der Waals surface area contributed by atoms with E-state index in [9.17, 15) is 14.4 Å². The van der Waals surface area contributed by atoms with Crippen LogP contribution in [0.4, 0.5) is 5.69 Å². The third-order valence-corrected chi connectivity index (χ3v) is 3.93. The van der Waals surface area contributed by atoms with E-state index in [2.05, 4.69) is 20.9 Å². The zero-order valence-corrected chi connectivity index (χ0v) is 13.9. The Hall–Kier alpha value is -2.28. The number of imide groups is 1. The van der Waals surface area contributed by atoms with E-state index in [1.54, 1.807) is 24.5 Å². The van der Waals surface area contributed by atoms with Crippen molar-refractivity contribution in [2.45, 2.75) is 19.8 Å². The Bertz CT molecular complexity index is 842. The normalized spacial score (nSPS) is 13.7. The van der Waals surface area contributed by atoms with Crippen LogP contribution in [0.5, 0.6) is 0 Å². The standard InChI is InChI=1S/C16H13BrN2O4/c1-9(20)19(15(21)10-2-3-10)13-4-5-14(23-16(13)22)11-6-12(17)8-18-7-11/h4-8,10H,2-3H2,1H3. The van der Waals surface area contributed by atoms with Gasteiger partial charge >= 0.3 is 5.63 Å². The number of amides is 2. The predicted molar refractivity (Wildman–Crippen MR) is 86.8 cm³/mol. The third kappa shape index (κ3) is 3.24. The van der Waals surface area contributed by atoms with Gasteiger partial charge in [-0.2, -0.15) is 0 Å².